The van der Waals surface area contributed by atoms with Crippen molar-refractivity contribution in [3.05, 3.63) is 64.8 Å². The van der Waals surface area contributed by atoms with Gasteiger partial charge in [0.1, 0.15) is 5.82 Å². The summed E-state index contributed by atoms with van der Waals surface area (Å²) in [7, 11) is 0. The van der Waals surface area contributed by atoms with E-state index in [2.05, 4.69) is 25.6 Å². The summed E-state index contributed by atoms with van der Waals surface area (Å²) in [5, 5.41) is 17.0. The zero-order valence-electron chi connectivity index (χ0n) is 13.5. The first-order chi connectivity index (χ1) is 12.2. The van der Waals surface area contributed by atoms with Crippen LogP contribution in [0.2, 0.25) is 0 Å². The fraction of sp³-hybridized carbons (Fsp3) is 0.118. The molecule has 3 aromatic rings. The van der Waals surface area contributed by atoms with Gasteiger partial charge >= 0.3 is 0 Å². The summed E-state index contributed by atoms with van der Waals surface area (Å²) < 4.78 is 0. The van der Waals surface area contributed by atoms with Gasteiger partial charge in [-0.1, -0.05) is 6.07 Å². The smallest absolute Gasteiger partial charge is 0.269 e. The monoisotopic (exact) mass is 336 g/mol. The SMILES string of the molecule is CCNc1nc(Nc2ccc([N+](=O)[O-])cc2)cc(-c2ccccn2)n1. The van der Waals surface area contributed by atoms with Gasteiger partial charge in [-0.15, -0.1) is 0 Å². The molecule has 2 heterocycles. The average molecular weight is 336 g/mol. The number of nitrogens with one attached hydrogen (secondary N) is 2. The van der Waals surface area contributed by atoms with E-state index in [1.54, 1.807) is 24.4 Å². The lowest BCUT2D eigenvalue weighted by atomic mass is 10.2. The van der Waals surface area contributed by atoms with Gasteiger partial charge in [-0.25, -0.2) is 4.98 Å². The number of nitro benzene ring substituents is 1. The molecular formula is C17H16N6O2. The van der Waals surface area contributed by atoms with Crippen LogP contribution in [-0.4, -0.2) is 26.4 Å². The summed E-state index contributed by atoms with van der Waals surface area (Å²) in [4.78, 5) is 23.5. The van der Waals surface area contributed by atoms with Crippen LogP contribution in [0.1, 0.15) is 6.92 Å². The van der Waals surface area contributed by atoms with E-state index in [0.717, 1.165) is 5.69 Å². The van der Waals surface area contributed by atoms with Crippen LogP contribution in [0.5, 0.6) is 0 Å². The minimum atomic E-state index is -0.434. The number of benzene rings is 1. The molecule has 8 heteroatoms. The molecule has 0 atom stereocenters. The van der Waals surface area contributed by atoms with Crippen LogP contribution in [0.25, 0.3) is 11.4 Å². The first-order valence-electron chi connectivity index (χ1n) is 7.71. The molecular weight excluding hydrogens is 320 g/mol. The quantitative estimate of drug-likeness (QED) is 0.523. The molecule has 0 amide bonds. The van der Waals surface area contributed by atoms with Crippen molar-refractivity contribution in [2.75, 3.05) is 17.2 Å². The lowest BCUT2D eigenvalue weighted by Gasteiger charge is -2.10. The Kier molecular flexibility index (Phi) is 4.79. The Morgan fingerprint density at radius 2 is 1.88 bits per heavy atom. The van der Waals surface area contributed by atoms with Gasteiger partial charge < -0.3 is 10.6 Å². The second-order valence-electron chi connectivity index (χ2n) is 5.14. The van der Waals surface area contributed by atoms with Crippen LogP contribution in [0.3, 0.4) is 0 Å². The van der Waals surface area contributed by atoms with Crippen molar-refractivity contribution >= 4 is 23.1 Å². The highest BCUT2D eigenvalue weighted by molar-refractivity contribution is 5.65. The average Bonchev–Trinajstić information content (AvgIpc) is 2.63. The minimum absolute atomic E-state index is 0.0377. The minimum Gasteiger partial charge on any atom is -0.354 e. The van der Waals surface area contributed by atoms with Crippen LogP contribution < -0.4 is 10.6 Å². The predicted molar refractivity (Wildman–Crippen MR) is 95.8 cm³/mol. The summed E-state index contributed by atoms with van der Waals surface area (Å²) in [5.74, 6) is 1.05. The Labute approximate surface area is 144 Å². The predicted octanol–water partition coefficient (Wildman–Crippen LogP) is 3.62. The Balaban J connectivity index is 1.92. The first-order valence-corrected chi connectivity index (χ1v) is 7.71. The van der Waals surface area contributed by atoms with E-state index < -0.39 is 4.92 Å². The van der Waals surface area contributed by atoms with Gasteiger partial charge in [0, 0.05) is 36.6 Å². The van der Waals surface area contributed by atoms with Crippen molar-refractivity contribution in [1.29, 1.82) is 0 Å². The van der Waals surface area contributed by atoms with Gasteiger partial charge in [0.05, 0.1) is 16.3 Å². The summed E-state index contributed by atoms with van der Waals surface area (Å²) in [5.41, 5.74) is 2.14. The number of hydrogen-bond donors (Lipinski definition) is 2. The highest BCUT2D eigenvalue weighted by Gasteiger charge is 2.09. The molecule has 0 fully saturated rings. The van der Waals surface area contributed by atoms with Crippen molar-refractivity contribution in [2.24, 2.45) is 0 Å². The third-order valence-corrected chi connectivity index (χ3v) is 3.34. The fourth-order valence-corrected chi connectivity index (χ4v) is 2.21. The van der Waals surface area contributed by atoms with E-state index >= 15 is 0 Å². The second-order valence-corrected chi connectivity index (χ2v) is 5.14. The van der Waals surface area contributed by atoms with Crippen LogP contribution in [0, 0.1) is 10.1 Å². The van der Waals surface area contributed by atoms with Crippen molar-refractivity contribution < 1.29 is 4.92 Å². The molecule has 3 rings (SSSR count). The van der Waals surface area contributed by atoms with E-state index in [4.69, 9.17) is 0 Å². The van der Waals surface area contributed by atoms with E-state index in [1.807, 2.05) is 25.1 Å². The standard InChI is InChI=1S/C17H16N6O2/c1-2-18-17-21-15(14-5-3-4-10-19-14)11-16(22-17)20-12-6-8-13(9-7-12)23(24)25/h3-11H,2H2,1H3,(H2,18,20,21,22). The molecule has 0 radical (unpaired) electrons. The zero-order chi connectivity index (χ0) is 17.6. The highest BCUT2D eigenvalue weighted by atomic mass is 16.6. The third kappa shape index (κ3) is 4.05. The zero-order valence-corrected chi connectivity index (χ0v) is 13.5. The van der Waals surface area contributed by atoms with Crippen LogP contribution >= 0.6 is 0 Å². The van der Waals surface area contributed by atoms with Gasteiger partial charge in [-0.3, -0.25) is 15.1 Å². The second kappa shape index (κ2) is 7.35. The molecule has 0 aliphatic carbocycles. The van der Waals surface area contributed by atoms with Crippen LogP contribution in [-0.2, 0) is 0 Å². The van der Waals surface area contributed by atoms with E-state index in [0.29, 0.717) is 29.7 Å². The molecule has 0 saturated carbocycles. The van der Waals surface area contributed by atoms with Gasteiger partial charge in [0.25, 0.3) is 5.69 Å². The number of rotatable bonds is 6. The fourth-order valence-electron chi connectivity index (χ4n) is 2.21. The number of aromatic nitrogens is 3. The topological polar surface area (TPSA) is 106 Å². The Hall–Kier alpha value is -3.55. The van der Waals surface area contributed by atoms with Crippen molar-refractivity contribution in [2.45, 2.75) is 6.92 Å². The molecule has 0 unspecified atom stereocenters. The molecule has 0 aliphatic heterocycles. The van der Waals surface area contributed by atoms with E-state index in [1.165, 1.54) is 12.1 Å². The largest absolute Gasteiger partial charge is 0.354 e. The lowest BCUT2D eigenvalue weighted by molar-refractivity contribution is -0.384. The van der Waals surface area contributed by atoms with Gasteiger partial charge in [0.2, 0.25) is 5.95 Å². The number of hydrogen-bond acceptors (Lipinski definition) is 7. The molecule has 0 aliphatic rings. The van der Waals surface area contributed by atoms with E-state index in [9.17, 15) is 10.1 Å². The lowest BCUT2D eigenvalue weighted by Crippen LogP contribution is -2.05. The number of non-ortho nitro benzene ring substituents is 1. The number of nitrogens with zero attached hydrogens (tertiary/aromatic N) is 4. The molecule has 0 saturated heterocycles. The van der Waals surface area contributed by atoms with Crippen molar-refractivity contribution in [1.82, 2.24) is 15.0 Å². The molecule has 8 nitrogen and oxygen atoms in total. The van der Waals surface area contributed by atoms with E-state index in [-0.39, 0.29) is 5.69 Å². The van der Waals surface area contributed by atoms with Crippen LogP contribution in [0.15, 0.2) is 54.7 Å². The van der Waals surface area contributed by atoms with Crippen molar-refractivity contribution in [3.63, 3.8) is 0 Å². The maximum absolute atomic E-state index is 10.7. The van der Waals surface area contributed by atoms with Crippen LogP contribution in [0.4, 0.5) is 23.1 Å². The van der Waals surface area contributed by atoms with Gasteiger partial charge in [-0.05, 0) is 31.2 Å². The first kappa shape index (κ1) is 16.3. The molecule has 0 bridgehead atoms. The molecule has 126 valence electrons. The molecule has 2 aromatic heterocycles. The number of anilines is 3. The summed E-state index contributed by atoms with van der Waals surface area (Å²) in [6.45, 7) is 2.64. The normalized spacial score (nSPS) is 10.3. The number of nitro groups is 1. The highest BCUT2D eigenvalue weighted by Crippen LogP contribution is 2.23. The van der Waals surface area contributed by atoms with Crippen molar-refractivity contribution in [3.8, 4) is 11.4 Å². The summed E-state index contributed by atoms with van der Waals surface area (Å²) >= 11 is 0. The Bertz CT molecular complexity index is 868. The number of pyridine rings is 1. The Morgan fingerprint density at radius 3 is 2.52 bits per heavy atom. The maximum atomic E-state index is 10.7. The molecule has 25 heavy (non-hydrogen) atoms. The molecule has 0 spiro atoms. The third-order valence-electron chi connectivity index (χ3n) is 3.34. The Morgan fingerprint density at radius 1 is 1.08 bits per heavy atom. The van der Waals surface area contributed by atoms with Gasteiger partial charge in [-0.2, -0.15) is 4.98 Å². The summed E-state index contributed by atoms with van der Waals surface area (Å²) in [6, 6.07) is 13.5. The molecule has 1 aromatic carbocycles. The maximum Gasteiger partial charge on any atom is 0.269 e. The summed E-state index contributed by atoms with van der Waals surface area (Å²) in [6.07, 6.45) is 1.70. The van der Waals surface area contributed by atoms with Gasteiger partial charge in [0.15, 0.2) is 0 Å². The molecule has 2 N–H and O–H groups in total.